The zero-order valence-electron chi connectivity index (χ0n) is 14.1. The number of hydrogen-bond acceptors (Lipinski definition) is 3. The first-order chi connectivity index (χ1) is 11.9. The summed E-state index contributed by atoms with van der Waals surface area (Å²) in [6.45, 7) is 2.83. The molecular weight excluding hydrogens is 328 g/mol. The fraction of sp³-hybridized carbons (Fsp3) is 0.444. The monoisotopic (exact) mass is 349 g/mol. The second-order valence-corrected chi connectivity index (χ2v) is 6.56. The number of amides is 2. The molecule has 2 heterocycles. The molecule has 0 saturated carbocycles. The molecule has 5 nitrogen and oxygen atoms in total. The highest BCUT2D eigenvalue weighted by molar-refractivity contribution is 6.34. The van der Waals surface area contributed by atoms with Crippen LogP contribution in [0.4, 0.5) is 8.78 Å². The lowest BCUT2D eigenvalue weighted by Crippen LogP contribution is -2.44. The van der Waals surface area contributed by atoms with Gasteiger partial charge in [-0.25, -0.2) is 8.78 Å². The molecule has 0 N–H and O–H groups in total. The van der Waals surface area contributed by atoms with E-state index in [2.05, 4.69) is 17.1 Å². The van der Waals surface area contributed by atoms with Crippen LogP contribution in [0.15, 0.2) is 30.4 Å². The van der Waals surface area contributed by atoms with Crippen LogP contribution in [0.3, 0.4) is 0 Å². The van der Waals surface area contributed by atoms with E-state index in [4.69, 9.17) is 0 Å². The average Bonchev–Trinajstić information content (AvgIpc) is 3.23. The van der Waals surface area contributed by atoms with E-state index in [0.717, 1.165) is 37.7 Å². The topological polar surface area (TPSA) is 43.9 Å². The van der Waals surface area contributed by atoms with Crippen molar-refractivity contribution in [1.82, 2.24) is 14.7 Å². The molecule has 3 rings (SSSR count). The number of rotatable bonds is 3. The van der Waals surface area contributed by atoms with Crippen molar-refractivity contribution < 1.29 is 18.4 Å². The molecule has 25 heavy (non-hydrogen) atoms. The van der Waals surface area contributed by atoms with Crippen LogP contribution in [-0.4, -0.2) is 65.8 Å². The van der Waals surface area contributed by atoms with Gasteiger partial charge in [0.25, 0.3) is 0 Å². The van der Waals surface area contributed by atoms with Gasteiger partial charge in [-0.05, 0) is 24.1 Å². The Balaban J connectivity index is 1.57. The van der Waals surface area contributed by atoms with Crippen molar-refractivity contribution in [2.45, 2.75) is 19.0 Å². The van der Waals surface area contributed by atoms with Crippen LogP contribution in [0, 0.1) is 11.6 Å². The van der Waals surface area contributed by atoms with Crippen LogP contribution in [0.5, 0.6) is 0 Å². The molecule has 1 aromatic carbocycles. The Hall–Kier alpha value is -2.28. The summed E-state index contributed by atoms with van der Waals surface area (Å²) < 4.78 is 26.5. The fourth-order valence-corrected chi connectivity index (χ4v) is 3.36. The van der Waals surface area contributed by atoms with Gasteiger partial charge in [-0.15, -0.1) is 0 Å². The lowest BCUT2D eigenvalue weighted by molar-refractivity contribution is -0.150. The maximum absolute atomic E-state index is 13.2. The quantitative estimate of drug-likeness (QED) is 0.612. The molecule has 0 spiro atoms. The second kappa shape index (κ2) is 7.31. The average molecular weight is 349 g/mol. The van der Waals surface area contributed by atoms with Crippen molar-refractivity contribution in [1.29, 1.82) is 0 Å². The van der Waals surface area contributed by atoms with E-state index in [1.807, 2.05) is 0 Å². The van der Waals surface area contributed by atoms with Gasteiger partial charge in [0.15, 0.2) is 0 Å². The maximum atomic E-state index is 13.2. The molecule has 7 heteroatoms. The number of nitrogens with zero attached hydrogens (tertiary/aromatic N) is 3. The second-order valence-electron chi connectivity index (χ2n) is 6.56. The standard InChI is InChI=1S/C18H21F2N3O2/c1-21(11-13-8-14(19)10-15(20)9-13)17(24)18(25)23-7-4-16(12-23)22-5-2-3-6-22/h2-3,8-10,16H,4-7,11-12H2,1H3. The van der Waals surface area contributed by atoms with Crippen LogP contribution in [0.2, 0.25) is 0 Å². The molecule has 1 unspecified atom stereocenters. The summed E-state index contributed by atoms with van der Waals surface area (Å²) in [5.74, 6) is -2.63. The molecule has 1 aromatic rings. The van der Waals surface area contributed by atoms with Gasteiger partial charge < -0.3 is 9.80 Å². The summed E-state index contributed by atoms with van der Waals surface area (Å²) in [6.07, 6.45) is 5.04. The van der Waals surface area contributed by atoms with Crippen LogP contribution < -0.4 is 0 Å². The first kappa shape index (κ1) is 17.5. The molecule has 0 radical (unpaired) electrons. The third kappa shape index (κ3) is 4.04. The molecule has 1 saturated heterocycles. The summed E-state index contributed by atoms with van der Waals surface area (Å²) >= 11 is 0. The summed E-state index contributed by atoms with van der Waals surface area (Å²) in [5, 5.41) is 0. The lowest BCUT2D eigenvalue weighted by atomic mass is 10.2. The van der Waals surface area contributed by atoms with Gasteiger partial charge in [-0.3, -0.25) is 14.5 Å². The molecular formula is C18H21F2N3O2. The summed E-state index contributed by atoms with van der Waals surface area (Å²) in [6, 6.07) is 3.36. The van der Waals surface area contributed by atoms with E-state index < -0.39 is 23.4 Å². The van der Waals surface area contributed by atoms with Gasteiger partial charge in [-0.1, -0.05) is 12.2 Å². The molecule has 2 aliphatic rings. The number of benzene rings is 1. The summed E-state index contributed by atoms with van der Waals surface area (Å²) in [5.41, 5.74) is 0.309. The van der Waals surface area contributed by atoms with Crippen molar-refractivity contribution in [2.24, 2.45) is 0 Å². The van der Waals surface area contributed by atoms with Crippen LogP contribution in [0.25, 0.3) is 0 Å². The van der Waals surface area contributed by atoms with E-state index in [1.54, 1.807) is 4.90 Å². The Morgan fingerprint density at radius 2 is 1.80 bits per heavy atom. The van der Waals surface area contributed by atoms with Gasteiger partial charge in [0, 0.05) is 51.9 Å². The summed E-state index contributed by atoms with van der Waals surface area (Å²) in [7, 11) is 1.46. The predicted molar refractivity (Wildman–Crippen MR) is 88.5 cm³/mol. The van der Waals surface area contributed by atoms with E-state index in [-0.39, 0.29) is 12.6 Å². The number of carbonyl (C=O) groups excluding carboxylic acids is 2. The van der Waals surface area contributed by atoms with Crippen LogP contribution in [-0.2, 0) is 16.1 Å². The van der Waals surface area contributed by atoms with Crippen LogP contribution >= 0.6 is 0 Å². The number of likely N-dealkylation sites (N-methyl/N-ethyl adjacent to an activating group) is 1. The highest BCUT2D eigenvalue weighted by Gasteiger charge is 2.34. The largest absolute Gasteiger partial charge is 0.333 e. The minimum absolute atomic E-state index is 0.0213. The summed E-state index contributed by atoms with van der Waals surface area (Å²) in [4.78, 5) is 29.8. The van der Waals surface area contributed by atoms with Gasteiger partial charge in [0.2, 0.25) is 0 Å². The normalized spacial score (nSPS) is 20.3. The number of halogens is 2. The van der Waals surface area contributed by atoms with Crippen molar-refractivity contribution in [2.75, 3.05) is 33.2 Å². The highest BCUT2D eigenvalue weighted by atomic mass is 19.1. The van der Waals surface area contributed by atoms with Crippen molar-refractivity contribution in [3.63, 3.8) is 0 Å². The Morgan fingerprint density at radius 1 is 1.16 bits per heavy atom. The van der Waals surface area contributed by atoms with E-state index >= 15 is 0 Å². The first-order valence-corrected chi connectivity index (χ1v) is 8.32. The molecule has 2 amide bonds. The number of likely N-dealkylation sites (tertiary alicyclic amines) is 1. The van der Waals surface area contributed by atoms with Crippen molar-refractivity contribution in [3.8, 4) is 0 Å². The Morgan fingerprint density at radius 3 is 2.44 bits per heavy atom. The Kier molecular flexibility index (Phi) is 5.13. The van der Waals surface area contributed by atoms with Gasteiger partial charge >= 0.3 is 11.8 Å². The minimum atomic E-state index is -0.705. The number of hydrogen-bond donors (Lipinski definition) is 0. The third-order valence-corrected chi connectivity index (χ3v) is 4.69. The van der Waals surface area contributed by atoms with Gasteiger partial charge in [-0.2, -0.15) is 0 Å². The first-order valence-electron chi connectivity index (χ1n) is 8.32. The SMILES string of the molecule is CN(Cc1cc(F)cc(F)c1)C(=O)C(=O)N1CCC(N2CC=CC2)C1. The zero-order chi connectivity index (χ0) is 18.0. The molecule has 2 aliphatic heterocycles. The van der Waals surface area contributed by atoms with Gasteiger partial charge in [0.1, 0.15) is 11.6 Å². The molecule has 0 bridgehead atoms. The highest BCUT2D eigenvalue weighted by Crippen LogP contribution is 2.18. The van der Waals surface area contributed by atoms with Crippen molar-refractivity contribution >= 4 is 11.8 Å². The Bertz CT molecular complexity index is 679. The van der Waals surface area contributed by atoms with E-state index in [1.165, 1.54) is 11.9 Å². The third-order valence-electron chi connectivity index (χ3n) is 4.69. The van der Waals surface area contributed by atoms with E-state index in [9.17, 15) is 18.4 Å². The van der Waals surface area contributed by atoms with Gasteiger partial charge in [0.05, 0.1) is 0 Å². The Labute approximate surface area is 145 Å². The smallest absolute Gasteiger partial charge is 0.312 e. The molecule has 0 aromatic heterocycles. The predicted octanol–water partition coefficient (Wildman–Crippen LogP) is 1.40. The zero-order valence-corrected chi connectivity index (χ0v) is 14.1. The number of carbonyl (C=O) groups is 2. The fourth-order valence-electron chi connectivity index (χ4n) is 3.36. The lowest BCUT2D eigenvalue weighted by Gasteiger charge is -2.24. The molecule has 1 fully saturated rings. The van der Waals surface area contributed by atoms with Crippen molar-refractivity contribution in [3.05, 3.63) is 47.5 Å². The maximum Gasteiger partial charge on any atom is 0.312 e. The molecule has 0 aliphatic carbocycles. The minimum Gasteiger partial charge on any atom is -0.333 e. The van der Waals surface area contributed by atoms with E-state index in [0.29, 0.717) is 18.7 Å². The molecule has 134 valence electrons. The van der Waals surface area contributed by atoms with Crippen LogP contribution in [0.1, 0.15) is 12.0 Å². The molecule has 1 atom stereocenters.